The molecule has 182 valence electrons. The van der Waals surface area contributed by atoms with E-state index in [0.29, 0.717) is 10.8 Å². The molecular formula is C28H32N4O2S. The molecule has 7 heteroatoms. The zero-order chi connectivity index (χ0) is 24.6. The molecule has 0 unspecified atom stereocenters. The minimum Gasteiger partial charge on any atom is -0.369 e. The molecule has 0 spiro atoms. The Morgan fingerprint density at radius 2 is 1.54 bits per heavy atom. The predicted octanol–water partition coefficient (Wildman–Crippen LogP) is 5.08. The minimum atomic E-state index is -3.21. The average Bonchev–Trinajstić information content (AvgIpc) is 3.27. The number of nitrogens with zero attached hydrogens (tertiary/aromatic N) is 3. The number of hydrogen-bond donors (Lipinski definition) is 1. The summed E-state index contributed by atoms with van der Waals surface area (Å²) < 4.78 is 23.5. The Morgan fingerprint density at radius 3 is 2.17 bits per heavy atom. The summed E-state index contributed by atoms with van der Waals surface area (Å²) in [6, 6.07) is 19.8. The molecule has 6 nitrogen and oxygen atoms in total. The zero-order valence-electron chi connectivity index (χ0n) is 20.5. The highest BCUT2D eigenvalue weighted by atomic mass is 32.2. The van der Waals surface area contributed by atoms with Crippen molar-refractivity contribution >= 4 is 26.6 Å². The third kappa shape index (κ3) is 5.26. The molecule has 35 heavy (non-hydrogen) atoms. The molecule has 1 saturated heterocycles. The van der Waals surface area contributed by atoms with Crippen molar-refractivity contribution in [3.63, 3.8) is 0 Å². The van der Waals surface area contributed by atoms with Crippen molar-refractivity contribution in [3.8, 4) is 22.4 Å². The van der Waals surface area contributed by atoms with Crippen LogP contribution in [0.3, 0.4) is 0 Å². The lowest BCUT2D eigenvalue weighted by molar-refractivity contribution is 0.231. The van der Waals surface area contributed by atoms with E-state index in [1.54, 1.807) is 12.1 Å². The van der Waals surface area contributed by atoms with Gasteiger partial charge in [-0.05, 0) is 53.4 Å². The predicted molar refractivity (Wildman–Crippen MR) is 144 cm³/mol. The fourth-order valence-electron chi connectivity index (χ4n) is 4.77. The molecule has 0 atom stereocenters. The number of anilines is 1. The fraction of sp³-hybridized carbons (Fsp3) is 0.321. The molecule has 4 aromatic rings. The molecule has 0 amide bonds. The van der Waals surface area contributed by atoms with Crippen LogP contribution in [0.15, 0.2) is 71.8 Å². The van der Waals surface area contributed by atoms with Crippen LogP contribution in [0.4, 0.5) is 5.69 Å². The maximum atomic E-state index is 11.7. The van der Waals surface area contributed by atoms with Crippen molar-refractivity contribution in [2.45, 2.75) is 18.7 Å². The lowest BCUT2D eigenvalue weighted by atomic mass is 10.1. The molecule has 0 bridgehead atoms. The van der Waals surface area contributed by atoms with Crippen LogP contribution in [-0.2, 0) is 9.84 Å². The molecule has 1 N–H and O–H groups in total. The third-order valence-electron chi connectivity index (χ3n) is 6.62. The van der Waals surface area contributed by atoms with Crippen LogP contribution in [-0.4, -0.2) is 62.3 Å². The Hall–Kier alpha value is -3.16. The summed E-state index contributed by atoms with van der Waals surface area (Å²) in [7, 11) is -3.21. The van der Waals surface area contributed by atoms with E-state index in [-0.39, 0.29) is 0 Å². The molecule has 1 fully saturated rings. The summed E-state index contributed by atoms with van der Waals surface area (Å²) >= 11 is 0. The van der Waals surface area contributed by atoms with Gasteiger partial charge in [-0.1, -0.05) is 38.1 Å². The average molecular weight is 489 g/mol. The van der Waals surface area contributed by atoms with Gasteiger partial charge >= 0.3 is 0 Å². The summed E-state index contributed by atoms with van der Waals surface area (Å²) in [5.74, 6) is 0.711. The maximum absolute atomic E-state index is 11.7. The first-order valence-electron chi connectivity index (χ1n) is 12.1. The van der Waals surface area contributed by atoms with E-state index in [1.807, 2.05) is 24.4 Å². The number of piperazine rings is 1. The summed E-state index contributed by atoms with van der Waals surface area (Å²) in [6.07, 6.45) is 3.13. The quantitative estimate of drug-likeness (QED) is 0.410. The Balaban J connectivity index is 1.31. The van der Waals surface area contributed by atoms with Gasteiger partial charge < -0.3 is 9.88 Å². The van der Waals surface area contributed by atoms with Crippen LogP contribution in [0.1, 0.15) is 13.8 Å². The highest BCUT2D eigenvalue weighted by Crippen LogP contribution is 2.29. The monoisotopic (exact) mass is 488 g/mol. The fourth-order valence-corrected chi connectivity index (χ4v) is 5.40. The molecule has 2 aromatic heterocycles. The second-order valence-electron chi connectivity index (χ2n) is 9.86. The van der Waals surface area contributed by atoms with Crippen LogP contribution in [0.25, 0.3) is 33.4 Å². The first kappa shape index (κ1) is 23.6. The van der Waals surface area contributed by atoms with Crippen molar-refractivity contribution < 1.29 is 8.42 Å². The number of benzene rings is 2. The Labute approximate surface area is 207 Å². The number of H-pyrrole nitrogens is 1. The number of sulfone groups is 1. The van der Waals surface area contributed by atoms with Crippen molar-refractivity contribution in [1.82, 2.24) is 14.9 Å². The second kappa shape index (κ2) is 9.47. The van der Waals surface area contributed by atoms with E-state index >= 15 is 0 Å². The van der Waals surface area contributed by atoms with Crippen molar-refractivity contribution in [2.24, 2.45) is 5.92 Å². The molecule has 0 radical (unpaired) electrons. The normalized spacial score (nSPS) is 15.3. The largest absolute Gasteiger partial charge is 0.369 e. The number of nitrogens with one attached hydrogen (secondary N) is 1. The van der Waals surface area contributed by atoms with Crippen molar-refractivity contribution in [2.75, 3.05) is 43.9 Å². The van der Waals surface area contributed by atoms with Gasteiger partial charge in [0.2, 0.25) is 0 Å². The number of rotatable bonds is 6. The van der Waals surface area contributed by atoms with E-state index in [4.69, 9.17) is 0 Å². The summed E-state index contributed by atoms with van der Waals surface area (Å²) in [4.78, 5) is 13.4. The smallest absolute Gasteiger partial charge is 0.175 e. The van der Waals surface area contributed by atoms with Crippen LogP contribution in [0.5, 0.6) is 0 Å². The number of hydrogen-bond acceptors (Lipinski definition) is 5. The van der Waals surface area contributed by atoms with Crippen LogP contribution in [0.2, 0.25) is 0 Å². The van der Waals surface area contributed by atoms with E-state index in [1.165, 1.54) is 18.5 Å². The van der Waals surface area contributed by atoms with Gasteiger partial charge in [0.25, 0.3) is 0 Å². The second-order valence-corrected chi connectivity index (χ2v) is 11.9. The topological polar surface area (TPSA) is 69.3 Å². The van der Waals surface area contributed by atoms with Gasteiger partial charge in [0.05, 0.1) is 15.9 Å². The van der Waals surface area contributed by atoms with Crippen LogP contribution >= 0.6 is 0 Å². The van der Waals surface area contributed by atoms with E-state index < -0.39 is 9.84 Å². The molecule has 0 saturated carbocycles. The van der Waals surface area contributed by atoms with Crippen LogP contribution < -0.4 is 4.90 Å². The lowest BCUT2D eigenvalue weighted by Crippen LogP contribution is -2.47. The van der Waals surface area contributed by atoms with Crippen molar-refractivity contribution in [3.05, 3.63) is 66.9 Å². The molecule has 5 rings (SSSR count). The van der Waals surface area contributed by atoms with Gasteiger partial charge in [-0.25, -0.2) is 8.42 Å². The SMILES string of the molecule is CC(C)CN1CCN(c2ccc(-c3cnc4cc(-c5ccc(S(C)(=O)=O)cc5)[nH]c4c3)cc2)CC1. The Kier molecular flexibility index (Phi) is 6.38. The minimum absolute atomic E-state index is 0.318. The first-order valence-corrected chi connectivity index (χ1v) is 14.0. The molecule has 2 aromatic carbocycles. The summed E-state index contributed by atoms with van der Waals surface area (Å²) in [5, 5.41) is 0. The molecule has 3 heterocycles. The number of pyridine rings is 1. The summed E-state index contributed by atoms with van der Waals surface area (Å²) in [6.45, 7) is 10.1. The van der Waals surface area contributed by atoms with Gasteiger partial charge in [-0.15, -0.1) is 0 Å². The van der Waals surface area contributed by atoms with Crippen LogP contribution in [0, 0.1) is 5.92 Å². The van der Waals surface area contributed by atoms with Gasteiger partial charge in [0.15, 0.2) is 9.84 Å². The van der Waals surface area contributed by atoms with Crippen molar-refractivity contribution in [1.29, 1.82) is 0 Å². The first-order chi connectivity index (χ1) is 16.8. The maximum Gasteiger partial charge on any atom is 0.175 e. The van der Waals surface area contributed by atoms with Gasteiger partial charge in [-0.2, -0.15) is 0 Å². The highest BCUT2D eigenvalue weighted by Gasteiger charge is 2.18. The number of fused-ring (bicyclic) bond motifs is 1. The van der Waals surface area contributed by atoms with E-state index in [0.717, 1.165) is 59.6 Å². The van der Waals surface area contributed by atoms with Gasteiger partial charge in [0, 0.05) is 62.1 Å². The Bertz CT molecular complexity index is 1420. The molecular weight excluding hydrogens is 456 g/mol. The highest BCUT2D eigenvalue weighted by molar-refractivity contribution is 7.90. The molecule has 1 aliphatic heterocycles. The lowest BCUT2D eigenvalue weighted by Gasteiger charge is -2.36. The zero-order valence-corrected chi connectivity index (χ0v) is 21.3. The van der Waals surface area contributed by atoms with E-state index in [9.17, 15) is 8.42 Å². The van der Waals surface area contributed by atoms with Gasteiger partial charge in [0.1, 0.15) is 0 Å². The number of aromatic amines is 1. The summed E-state index contributed by atoms with van der Waals surface area (Å²) in [5.41, 5.74) is 7.14. The van der Waals surface area contributed by atoms with Gasteiger partial charge in [-0.3, -0.25) is 9.88 Å². The van der Waals surface area contributed by atoms with E-state index in [2.05, 4.69) is 63.9 Å². The standard InChI is InChI=1S/C28H32N4O2S/c1-20(2)19-31-12-14-32(15-13-31)24-8-4-21(5-9-24)23-16-28-27(29-18-23)17-26(30-28)22-6-10-25(11-7-22)35(3,33)34/h4-11,16-18,20,30H,12-15,19H2,1-3H3. The number of aromatic nitrogens is 2. The molecule has 1 aliphatic rings. The Morgan fingerprint density at radius 1 is 0.886 bits per heavy atom. The third-order valence-corrected chi connectivity index (χ3v) is 7.75. The molecule has 0 aliphatic carbocycles.